The Morgan fingerprint density at radius 3 is 2.83 bits per heavy atom. The molecular formula is C19H23N3O2. The van der Waals surface area contributed by atoms with Gasteiger partial charge in [0.15, 0.2) is 0 Å². The Morgan fingerprint density at radius 1 is 1.29 bits per heavy atom. The van der Waals surface area contributed by atoms with Gasteiger partial charge in [-0.25, -0.2) is 4.98 Å². The van der Waals surface area contributed by atoms with E-state index in [1.165, 1.54) is 0 Å². The molecule has 2 aliphatic rings. The molecule has 126 valence electrons. The molecule has 1 aliphatic carbocycles. The number of piperidine rings is 1. The highest BCUT2D eigenvalue weighted by atomic mass is 16.5. The van der Waals surface area contributed by atoms with Crippen molar-refractivity contribution >= 4 is 16.7 Å². The minimum Gasteiger partial charge on any atom is -0.475 e. The van der Waals surface area contributed by atoms with Crippen LogP contribution in [-0.2, 0) is 4.79 Å². The van der Waals surface area contributed by atoms with Crippen molar-refractivity contribution in [3.8, 4) is 5.88 Å². The number of aromatic nitrogens is 1. The fraction of sp³-hybridized carbons (Fsp3) is 0.474. The summed E-state index contributed by atoms with van der Waals surface area (Å²) in [4.78, 5) is 16.8. The van der Waals surface area contributed by atoms with E-state index in [1.54, 1.807) is 6.20 Å². The summed E-state index contributed by atoms with van der Waals surface area (Å²) in [5.74, 6) is 2.01. The van der Waals surface area contributed by atoms with E-state index < -0.39 is 5.54 Å². The minimum absolute atomic E-state index is 0.158. The number of hydrogen-bond donors (Lipinski definition) is 2. The van der Waals surface area contributed by atoms with Crippen LogP contribution >= 0.6 is 0 Å². The van der Waals surface area contributed by atoms with Crippen molar-refractivity contribution < 1.29 is 9.53 Å². The molecule has 5 nitrogen and oxygen atoms in total. The number of hydrogen-bond acceptors (Lipinski definition) is 4. The zero-order valence-electron chi connectivity index (χ0n) is 14.1. The summed E-state index contributed by atoms with van der Waals surface area (Å²) >= 11 is 0. The van der Waals surface area contributed by atoms with Gasteiger partial charge in [0.2, 0.25) is 11.8 Å². The van der Waals surface area contributed by atoms with Crippen LogP contribution in [0.15, 0.2) is 36.5 Å². The third kappa shape index (κ3) is 2.84. The average Bonchev–Trinajstić information content (AvgIpc) is 3.06. The van der Waals surface area contributed by atoms with Gasteiger partial charge < -0.3 is 15.4 Å². The third-order valence-corrected chi connectivity index (χ3v) is 5.06. The average molecular weight is 325 g/mol. The second kappa shape index (κ2) is 5.74. The molecule has 2 aromatic rings. The van der Waals surface area contributed by atoms with Gasteiger partial charge in [-0.05, 0) is 56.3 Å². The molecule has 5 heteroatoms. The summed E-state index contributed by atoms with van der Waals surface area (Å²) in [7, 11) is 0. The van der Waals surface area contributed by atoms with Crippen LogP contribution in [0, 0.1) is 17.8 Å². The number of nitrogens with one attached hydrogen (secondary N) is 2. The van der Waals surface area contributed by atoms with E-state index in [2.05, 4.69) is 15.6 Å². The summed E-state index contributed by atoms with van der Waals surface area (Å²) < 4.78 is 5.94. The van der Waals surface area contributed by atoms with Gasteiger partial charge in [0, 0.05) is 17.5 Å². The number of carbonyl (C=O) groups excluding carboxylic acids is 1. The summed E-state index contributed by atoms with van der Waals surface area (Å²) in [6.07, 6.45) is 1.75. The fourth-order valence-electron chi connectivity index (χ4n) is 3.72. The summed E-state index contributed by atoms with van der Waals surface area (Å²) in [5, 5.41) is 8.56. The SMILES string of the molecule is CC(C)(COc1nccc2ccccc12)NC(=O)C1C2CNCC21. The molecule has 0 radical (unpaired) electrons. The van der Waals surface area contributed by atoms with Gasteiger partial charge in [-0.3, -0.25) is 4.79 Å². The van der Waals surface area contributed by atoms with Crippen molar-refractivity contribution in [2.45, 2.75) is 19.4 Å². The number of benzene rings is 1. The van der Waals surface area contributed by atoms with E-state index in [-0.39, 0.29) is 11.8 Å². The Labute approximate surface area is 141 Å². The molecule has 1 saturated carbocycles. The molecule has 2 atom stereocenters. The Hall–Kier alpha value is -2.14. The highest BCUT2D eigenvalue weighted by Crippen LogP contribution is 2.48. The van der Waals surface area contributed by atoms with Gasteiger partial charge in [0.25, 0.3) is 0 Å². The molecule has 24 heavy (non-hydrogen) atoms. The first kappa shape index (κ1) is 15.4. The normalized spacial score (nSPS) is 25.3. The predicted octanol–water partition coefficient (Wildman–Crippen LogP) is 1.97. The number of ether oxygens (including phenoxy) is 1. The van der Waals surface area contributed by atoms with Crippen molar-refractivity contribution in [2.24, 2.45) is 17.8 Å². The van der Waals surface area contributed by atoms with Gasteiger partial charge in [-0.2, -0.15) is 0 Å². The van der Waals surface area contributed by atoms with Gasteiger partial charge in [0.1, 0.15) is 6.61 Å². The largest absolute Gasteiger partial charge is 0.475 e. The minimum atomic E-state index is -0.431. The van der Waals surface area contributed by atoms with E-state index in [9.17, 15) is 4.79 Å². The molecule has 1 saturated heterocycles. The summed E-state index contributed by atoms with van der Waals surface area (Å²) in [6.45, 7) is 6.32. The number of nitrogens with zero attached hydrogens (tertiary/aromatic N) is 1. The van der Waals surface area contributed by atoms with Crippen LogP contribution in [0.3, 0.4) is 0 Å². The Balaban J connectivity index is 1.39. The lowest BCUT2D eigenvalue weighted by Gasteiger charge is -2.26. The van der Waals surface area contributed by atoms with Crippen LogP contribution in [0.4, 0.5) is 0 Å². The third-order valence-electron chi connectivity index (χ3n) is 5.06. The van der Waals surface area contributed by atoms with E-state index in [0.717, 1.165) is 23.9 Å². The first-order valence-electron chi connectivity index (χ1n) is 8.54. The molecular weight excluding hydrogens is 302 g/mol. The van der Waals surface area contributed by atoms with E-state index in [1.807, 2.05) is 44.2 Å². The Bertz CT molecular complexity index is 759. The van der Waals surface area contributed by atoms with Crippen molar-refractivity contribution in [1.29, 1.82) is 0 Å². The van der Waals surface area contributed by atoms with Crippen molar-refractivity contribution in [3.63, 3.8) is 0 Å². The van der Waals surface area contributed by atoms with E-state index in [4.69, 9.17) is 4.74 Å². The Kier molecular flexibility index (Phi) is 3.68. The van der Waals surface area contributed by atoms with Gasteiger partial charge >= 0.3 is 0 Å². The van der Waals surface area contributed by atoms with Crippen LogP contribution in [0.2, 0.25) is 0 Å². The first-order chi connectivity index (χ1) is 11.6. The molecule has 2 fully saturated rings. The second-order valence-corrected chi connectivity index (χ2v) is 7.51. The molecule has 4 rings (SSSR count). The number of carbonyl (C=O) groups is 1. The van der Waals surface area contributed by atoms with Crippen molar-refractivity contribution in [2.75, 3.05) is 19.7 Å². The van der Waals surface area contributed by atoms with E-state index in [0.29, 0.717) is 24.3 Å². The lowest BCUT2D eigenvalue weighted by molar-refractivity contribution is -0.125. The van der Waals surface area contributed by atoms with Crippen molar-refractivity contribution in [1.82, 2.24) is 15.6 Å². The Morgan fingerprint density at radius 2 is 2.04 bits per heavy atom. The number of pyridine rings is 1. The fourth-order valence-corrected chi connectivity index (χ4v) is 3.72. The molecule has 0 bridgehead atoms. The summed E-state index contributed by atoms with van der Waals surface area (Å²) in [6, 6.07) is 9.98. The van der Waals surface area contributed by atoms with Gasteiger partial charge in [-0.15, -0.1) is 0 Å². The maximum absolute atomic E-state index is 12.4. The lowest BCUT2D eigenvalue weighted by Crippen LogP contribution is -2.49. The maximum atomic E-state index is 12.4. The molecule has 1 aromatic heterocycles. The van der Waals surface area contributed by atoms with Crippen LogP contribution in [0.5, 0.6) is 5.88 Å². The molecule has 2 unspecified atom stereocenters. The number of rotatable bonds is 5. The van der Waals surface area contributed by atoms with Crippen molar-refractivity contribution in [3.05, 3.63) is 36.5 Å². The molecule has 1 aromatic carbocycles. The molecule has 1 aliphatic heterocycles. The first-order valence-corrected chi connectivity index (χ1v) is 8.54. The molecule has 2 N–H and O–H groups in total. The van der Waals surface area contributed by atoms with Gasteiger partial charge in [-0.1, -0.05) is 18.2 Å². The quantitative estimate of drug-likeness (QED) is 0.882. The van der Waals surface area contributed by atoms with Crippen LogP contribution in [0.1, 0.15) is 13.8 Å². The van der Waals surface area contributed by atoms with Gasteiger partial charge in [0.05, 0.1) is 5.54 Å². The highest BCUT2D eigenvalue weighted by Gasteiger charge is 2.57. The van der Waals surface area contributed by atoms with Crippen LogP contribution in [-0.4, -0.2) is 36.1 Å². The summed E-state index contributed by atoms with van der Waals surface area (Å²) in [5.41, 5.74) is -0.431. The smallest absolute Gasteiger partial charge is 0.224 e. The number of fused-ring (bicyclic) bond motifs is 2. The standard InChI is InChI=1S/C19H23N3O2/c1-19(2,22-17(23)16-14-9-20-10-15(14)16)11-24-18-13-6-4-3-5-12(13)7-8-21-18/h3-8,14-16,20H,9-11H2,1-2H3,(H,22,23). The highest BCUT2D eigenvalue weighted by molar-refractivity contribution is 5.86. The molecule has 1 amide bonds. The lowest BCUT2D eigenvalue weighted by atomic mass is 10.1. The van der Waals surface area contributed by atoms with Crippen LogP contribution in [0.25, 0.3) is 10.8 Å². The zero-order chi connectivity index (χ0) is 16.7. The second-order valence-electron chi connectivity index (χ2n) is 7.51. The molecule has 0 spiro atoms. The number of amides is 1. The van der Waals surface area contributed by atoms with Crippen LogP contribution < -0.4 is 15.4 Å². The molecule has 2 heterocycles. The topological polar surface area (TPSA) is 63.2 Å². The van der Waals surface area contributed by atoms with E-state index >= 15 is 0 Å². The predicted molar refractivity (Wildman–Crippen MR) is 92.8 cm³/mol. The zero-order valence-corrected chi connectivity index (χ0v) is 14.1. The monoisotopic (exact) mass is 325 g/mol. The maximum Gasteiger partial charge on any atom is 0.224 e.